The first kappa shape index (κ1) is 58.5. The van der Waals surface area contributed by atoms with E-state index in [2.05, 4.69) is 74.6 Å². The fourth-order valence-electron chi connectivity index (χ4n) is 6.28. The maximum Gasteiger partial charge on any atom is 0.472 e. The summed E-state index contributed by atoms with van der Waals surface area (Å²) in [6.07, 6.45) is 54.0. The minimum Gasteiger partial charge on any atom is -0.462 e. The number of hydrogen-bond donors (Lipinski definition) is 1. The highest BCUT2D eigenvalue weighted by Gasteiger charge is 2.27. The normalized spacial score (nSPS) is 14.1. The standard InChI is InChI=1S/C51H90NO8P/c1-6-8-10-12-14-16-18-20-22-24-26-28-29-31-33-35-37-39-41-43-50(53)57-47-49(48-59-61(55,56)58-46-45-52(3,4)5)60-51(54)44-42-40-38-36-34-32-30-27-25-23-21-19-17-15-13-11-9-7-2/h8,10,14,16,20,22,26,28,31,33,37,39,49H,6-7,9,11-13,15,17-19,21,23-25,27,29-30,32,34-36,38,40-48H2,1-5H3/p+1/b10-8-,16-14-,22-20-,28-26-,33-31-,39-37-/t49-/m1/s1. The Morgan fingerprint density at radius 3 is 1.36 bits per heavy atom. The molecule has 9 nitrogen and oxygen atoms in total. The molecule has 0 aliphatic carbocycles. The molecule has 0 aromatic heterocycles. The van der Waals surface area contributed by atoms with Gasteiger partial charge >= 0.3 is 19.8 Å². The largest absolute Gasteiger partial charge is 0.472 e. The SMILES string of the molecule is CC/C=C\C/C=C\C/C=C\C/C=C\C/C=C\C/C=C\CCC(=O)OC[C@H](COP(=O)(O)OCC[N+](C)(C)C)OC(=O)CCCCCCCCCCCCCCCCCCCC. The first-order valence-electron chi connectivity index (χ1n) is 24.2. The van der Waals surface area contributed by atoms with E-state index in [1.807, 2.05) is 33.3 Å². The third-order valence-electron chi connectivity index (χ3n) is 10.0. The fourth-order valence-corrected chi connectivity index (χ4v) is 7.02. The molecule has 2 atom stereocenters. The maximum absolute atomic E-state index is 12.7. The zero-order valence-electron chi connectivity index (χ0n) is 39.6. The Morgan fingerprint density at radius 2 is 0.934 bits per heavy atom. The summed E-state index contributed by atoms with van der Waals surface area (Å²) in [4.78, 5) is 35.4. The lowest BCUT2D eigenvalue weighted by Crippen LogP contribution is -2.37. The predicted molar refractivity (Wildman–Crippen MR) is 256 cm³/mol. The van der Waals surface area contributed by atoms with Crippen LogP contribution in [0.1, 0.15) is 187 Å². The van der Waals surface area contributed by atoms with Crippen molar-refractivity contribution >= 4 is 19.8 Å². The molecule has 0 saturated heterocycles. The fraction of sp³-hybridized carbons (Fsp3) is 0.725. The monoisotopic (exact) mass is 877 g/mol. The number of quaternary nitrogens is 1. The number of hydrogen-bond acceptors (Lipinski definition) is 7. The lowest BCUT2D eigenvalue weighted by molar-refractivity contribution is -0.870. The van der Waals surface area contributed by atoms with Crippen molar-refractivity contribution in [3.63, 3.8) is 0 Å². The van der Waals surface area contributed by atoms with Gasteiger partial charge in [-0.05, 0) is 51.4 Å². The van der Waals surface area contributed by atoms with E-state index in [-0.39, 0.29) is 26.1 Å². The summed E-state index contributed by atoms with van der Waals surface area (Å²) in [7, 11) is 1.43. The van der Waals surface area contributed by atoms with E-state index in [4.69, 9.17) is 18.5 Å². The molecule has 0 amide bonds. The van der Waals surface area contributed by atoms with Gasteiger partial charge in [-0.15, -0.1) is 0 Å². The summed E-state index contributed by atoms with van der Waals surface area (Å²) in [6.45, 7) is 4.23. The molecule has 0 aromatic carbocycles. The van der Waals surface area contributed by atoms with Gasteiger partial charge in [0.15, 0.2) is 6.10 Å². The number of phosphoric acid groups is 1. The van der Waals surface area contributed by atoms with E-state index < -0.39 is 32.5 Å². The molecule has 0 radical (unpaired) electrons. The summed E-state index contributed by atoms with van der Waals surface area (Å²) in [5, 5.41) is 0. The molecule has 0 spiro atoms. The van der Waals surface area contributed by atoms with Gasteiger partial charge in [-0.2, -0.15) is 0 Å². The van der Waals surface area contributed by atoms with Crippen molar-refractivity contribution in [1.82, 2.24) is 0 Å². The summed E-state index contributed by atoms with van der Waals surface area (Å²) in [5.74, 6) is -0.895. The molecule has 0 aliphatic heterocycles. The van der Waals surface area contributed by atoms with E-state index in [1.165, 1.54) is 89.9 Å². The molecule has 1 unspecified atom stereocenters. The van der Waals surface area contributed by atoms with Crippen molar-refractivity contribution in [2.75, 3.05) is 47.5 Å². The van der Waals surface area contributed by atoms with Crippen molar-refractivity contribution in [3.8, 4) is 0 Å². The van der Waals surface area contributed by atoms with Crippen LogP contribution in [-0.2, 0) is 32.7 Å². The molecular weight excluding hydrogens is 786 g/mol. The number of carbonyl (C=O) groups excluding carboxylic acids is 2. The average molecular weight is 877 g/mol. The van der Waals surface area contributed by atoms with Gasteiger partial charge in [-0.25, -0.2) is 4.57 Å². The van der Waals surface area contributed by atoms with Crippen molar-refractivity contribution in [2.24, 2.45) is 0 Å². The van der Waals surface area contributed by atoms with Crippen molar-refractivity contribution in [2.45, 2.75) is 193 Å². The second kappa shape index (κ2) is 42.7. The van der Waals surface area contributed by atoms with Crippen LogP contribution in [0.15, 0.2) is 72.9 Å². The Hall–Kier alpha value is -2.55. The van der Waals surface area contributed by atoms with Crippen LogP contribution in [0, 0.1) is 0 Å². The molecule has 0 aliphatic rings. The number of nitrogens with zero attached hydrogens (tertiary/aromatic N) is 1. The van der Waals surface area contributed by atoms with Gasteiger partial charge in [-0.1, -0.05) is 196 Å². The highest BCUT2D eigenvalue weighted by molar-refractivity contribution is 7.47. The zero-order chi connectivity index (χ0) is 45.0. The Kier molecular flexibility index (Phi) is 40.9. The average Bonchev–Trinajstić information content (AvgIpc) is 3.21. The van der Waals surface area contributed by atoms with Gasteiger partial charge < -0.3 is 18.9 Å². The Labute approximate surface area is 374 Å². The van der Waals surface area contributed by atoms with Crippen molar-refractivity contribution < 1.29 is 42.1 Å². The number of rotatable bonds is 43. The molecule has 0 rings (SSSR count). The maximum atomic E-state index is 12.7. The molecule has 0 bridgehead atoms. The van der Waals surface area contributed by atoms with E-state index in [0.29, 0.717) is 23.9 Å². The number of esters is 2. The zero-order valence-corrected chi connectivity index (χ0v) is 40.5. The topological polar surface area (TPSA) is 108 Å². The molecule has 10 heteroatoms. The Morgan fingerprint density at radius 1 is 0.525 bits per heavy atom. The Bertz CT molecular complexity index is 1270. The molecule has 1 N–H and O–H groups in total. The van der Waals surface area contributed by atoms with Crippen LogP contribution in [0.5, 0.6) is 0 Å². The number of ether oxygens (including phenoxy) is 2. The molecule has 352 valence electrons. The lowest BCUT2D eigenvalue weighted by atomic mass is 10.0. The molecule has 61 heavy (non-hydrogen) atoms. The number of allylic oxidation sites excluding steroid dienone is 12. The van der Waals surface area contributed by atoms with E-state index in [1.54, 1.807) is 0 Å². The number of carbonyl (C=O) groups is 2. The van der Waals surface area contributed by atoms with E-state index in [9.17, 15) is 19.0 Å². The van der Waals surface area contributed by atoms with Crippen LogP contribution in [0.3, 0.4) is 0 Å². The van der Waals surface area contributed by atoms with Gasteiger partial charge in [0.25, 0.3) is 0 Å². The Balaban J connectivity index is 4.41. The molecule has 0 aromatic rings. The second-order valence-electron chi connectivity index (χ2n) is 17.1. The summed E-state index contributed by atoms with van der Waals surface area (Å²) in [6, 6.07) is 0. The highest BCUT2D eigenvalue weighted by atomic mass is 31.2. The number of likely N-dealkylation sites (N-methyl/N-ethyl adjacent to an activating group) is 1. The third kappa shape index (κ3) is 46.8. The molecule has 0 saturated carbocycles. The van der Waals surface area contributed by atoms with Gasteiger partial charge in [0, 0.05) is 12.8 Å². The van der Waals surface area contributed by atoms with Crippen LogP contribution in [0.2, 0.25) is 0 Å². The summed E-state index contributed by atoms with van der Waals surface area (Å²) < 4.78 is 34.3. The van der Waals surface area contributed by atoms with Crippen LogP contribution in [0.4, 0.5) is 0 Å². The number of unbranched alkanes of at least 4 members (excludes halogenated alkanes) is 17. The predicted octanol–water partition coefficient (Wildman–Crippen LogP) is 14.2. The van der Waals surface area contributed by atoms with Gasteiger partial charge in [0.1, 0.15) is 19.8 Å². The number of phosphoric ester groups is 1. The van der Waals surface area contributed by atoms with E-state index in [0.717, 1.165) is 57.8 Å². The van der Waals surface area contributed by atoms with Gasteiger partial charge in [0.05, 0.1) is 27.7 Å². The van der Waals surface area contributed by atoms with Gasteiger partial charge in [0.2, 0.25) is 0 Å². The van der Waals surface area contributed by atoms with Crippen LogP contribution in [0.25, 0.3) is 0 Å². The minimum atomic E-state index is -4.40. The highest BCUT2D eigenvalue weighted by Crippen LogP contribution is 2.43. The van der Waals surface area contributed by atoms with Gasteiger partial charge in [-0.3, -0.25) is 18.6 Å². The minimum absolute atomic E-state index is 0.0185. The first-order chi connectivity index (χ1) is 29.5. The van der Waals surface area contributed by atoms with Crippen LogP contribution >= 0.6 is 7.82 Å². The molecular formula is C51H91NO8P+. The molecule has 0 heterocycles. The van der Waals surface area contributed by atoms with Crippen molar-refractivity contribution in [1.29, 1.82) is 0 Å². The first-order valence-corrected chi connectivity index (χ1v) is 25.7. The summed E-state index contributed by atoms with van der Waals surface area (Å²) in [5.41, 5.74) is 0. The van der Waals surface area contributed by atoms with E-state index >= 15 is 0 Å². The second-order valence-corrected chi connectivity index (χ2v) is 18.6. The van der Waals surface area contributed by atoms with Crippen LogP contribution < -0.4 is 0 Å². The van der Waals surface area contributed by atoms with Crippen LogP contribution in [-0.4, -0.2) is 74.9 Å². The smallest absolute Gasteiger partial charge is 0.462 e. The molecule has 0 fully saturated rings. The quantitative estimate of drug-likeness (QED) is 0.0212. The van der Waals surface area contributed by atoms with Crippen molar-refractivity contribution in [3.05, 3.63) is 72.9 Å². The lowest BCUT2D eigenvalue weighted by Gasteiger charge is -2.24. The summed E-state index contributed by atoms with van der Waals surface area (Å²) >= 11 is 0. The third-order valence-corrected chi connectivity index (χ3v) is 11.0.